The van der Waals surface area contributed by atoms with Crippen molar-refractivity contribution >= 4 is 12.0 Å². The largest absolute Gasteiger partial charge is 0.489 e. The Hall–Kier alpha value is -3.44. The van der Waals surface area contributed by atoms with Crippen LogP contribution in [0.4, 0.5) is 4.39 Å². The van der Waals surface area contributed by atoms with Crippen LogP contribution in [0.15, 0.2) is 66.7 Å². The van der Waals surface area contributed by atoms with Crippen LogP contribution in [0.3, 0.4) is 0 Å². The van der Waals surface area contributed by atoms with Crippen LogP contribution in [0.2, 0.25) is 0 Å². The Kier molecular flexibility index (Phi) is 6.85. The van der Waals surface area contributed by atoms with Gasteiger partial charge in [-0.05, 0) is 82.8 Å². The molecule has 1 atom stereocenters. The van der Waals surface area contributed by atoms with E-state index >= 15 is 0 Å². The number of aliphatic hydroxyl groups excluding tert-OH is 1. The second-order valence-corrected chi connectivity index (χ2v) is 9.43. The van der Waals surface area contributed by atoms with Crippen molar-refractivity contribution in [3.05, 3.63) is 106 Å². The third-order valence-electron chi connectivity index (χ3n) is 6.47. The highest BCUT2D eigenvalue weighted by molar-refractivity contribution is 5.87. The maximum atomic E-state index is 13.3. The normalized spacial score (nSPS) is 15.6. The van der Waals surface area contributed by atoms with Gasteiger partial charge >= 0.3 is 5.97 Å². The minimum Gasteiger partial charge on any atom is -0.489 e. The molecular formula is C29H29FO4. The Bertz CT molecular complexity index is 1190. The number of carboxylic acid groups (broad SMARTS) is 1. The molecule has 34 heavy (non-hydrogen) atoms. The van der Waals surface area contributed by atoms with Crippen LogP contribution in [-0.2, 0) is 18.4 Å². The topological polar surface area (TPSA) is 66.8 Å². The van der Waals surface area contributed by atoms with Crippen LogP contribution in [0.5, 0.6) is 5.75 Å². The highest BCUT2D eigenvalue weighted by atomic mass is 19.1. The van der Waals surface area contributed by atoms with Gasteiger partial charge in [0.2, 0.25) is 0 Å². The molecule has 0 aromatic heterocycles. The molecular weight excluding hydrogens is 431 g/mol. The minimum absolute atomic E-state index is 0.0341. The summed E-state index contributed by atoms with van der Waals surface area (Å²) in [5.74, 6) is -0.499. The Morgan fingerprint density at radius 1 is 1.12 bits per heavy atom. The van der Waals surface area contributed by atoms with E-state index in [0.717, 1.165) is 41.7 Å². The maximum absolute atomic E-state index is 13.3. The van der Waals surface area contributed by atoms with Gasteiger partial charge in [0.1, 0.15) is 18.2 Å². The van der Waals surface area contributed by atoms with Crippen molar-refractivity contribution in [2.24, 2.45) is 0 Å². The van der Waals surface area contributed by atoms with Gasteiger partial charge in [0.25, 0.3) is 0 Å². The molecule has 4 rings (SSSR count). The van der Waals surface area contributed by atoms with Gasteiger partial charge < -0.3 is 14.9 Å². The number of hydrogen-bond donors (Lipinski definition) is 2. The molecule has 1 aliphatic rings. The summed E-state index contributed by atoms with van der Waals surface area (Å²) in [5, 5.41) is 20.0. The fraction of sp³-hybridized carbons (Fsp3) is 0.276. The number of aliphatic hydroxyl groups is 1. The Balaban J connectivity index is 1.61. The molecule has 2 N–H and O–H groups in total. The van der Waals surface area contributed by atoms with E-state index in [2.05, 4.69) is 19.9 Å². The third kappa shape index (κ3) is 5.37. The molecule has 0 saturated carbocycles. The van der Waals surface area contributed by atoms with Crippen LogP contribution in [0, 0.1) is 5.82 Å². The van der Waals surface area contributed by atoms with Crippen molar-refractivity contribution in [1.82, 2.24) is 0 Å². The van der Waals surface area contributed by atoms with Crippen molar-refractivity contribution < 1.29 is 24.1 Å². The summed E-state index contributed by atoms with van der Waals surface area (Å²) in [4.78, 5) is 11.0. The summed E-state index contributed by atoms with van der Waals surface area (Å²) in [6, 6.07) is 16.7. The number of rotatable bonds is 7. The van der Waals surface area contributed by atoms with E-state index in [4.69, 9.17) is 9.84 Å². The van der Waals surface area contributed by atoms with Gasteiger partial charge in [0.05, 0.1) is 11.7 Å². The molecule has 0 amide bonds. The molecule has 5 heteroatoms. The van der Waals surface area contributed by atoms with Crippen LogP contribution >= 0.6 is 0 Å². The van der Waals surface area contributed by atoms with Crippen molar-refractivity contribution in [2.75, 3.05) is 0 Å². The summed E-state index contributed by atoms with van der Waals surface area (Å²) in [7, 11) is 0. The summed E-state index contributed by atoms with van der Waals surface area (Å²) < 4.78 is 19.5. The van der Waals surface area contributed by atoms with E-state index in [9.17, 15) is 14.3 Å². The van der Waals surface area contributed by atoms with Crippen molar-refractivity contribution in [1.29, 1.82) is 0 Å². The van der Waals surface area contributed by atoms with Crippen LogP contribution in [0.25, 0.3) is 6.08 Å². The van der Waals surface area contributed by atoms with E-state index in [-0.39, 0.29) is 16.8 Å². The first-order valence-corrected chi connectivity index (χ1v) is 11.5. The molecule has 3 aromatic carbocycles. The quantitative estimate of drug-likeness (QED) is 0.424. The number of halogens is 1. The van der Waals surface area contributed by atoms with Crippen LogP contribution in [0.1, 0.15) is 71.0 Å². The van der Waals surface area contributed by atoms with Crippen LogP contribution < -0.4 is 4.74 Å². The second kappa shape index (κ2) is 9.82. The van der Waals surface area contributed by atoms with Crippen molar-refractivity contribution in [3.63, 3.8) is 0 Å². The number of carbonyl (C=O) groups is 1. The van der Waals surface area contributed by atoms with Gasteiger partial charge in [-0.2, -0.15) is 0 Å². The fourth-order valence-corrected chi connectivity index (χ4v) is 4.46. The first-order chi connectivity index (χ1) is 16.2. The van der Waals surface area contributed by atoms with E-state index in [0.29, 0.717) is 6.61 Å². The Morgan fingerprint density at radius 2 is 1.82 bits per heavy atom. The SMILES string of the molecule is CC1(C)CCCc2c(OCc3ccc(F)cc3)cc(C(O)/C=C/c3ccc(C(=O)O)cc3)cc21. The summed E-state index contributed by atoms with van der Waals surface area (Å²) in [5.41, 5.74) is 4.95. The first-order valence-electron chi connectivity index (χ1n) is 11.5. The Labute approximate surface area is 199 Å². The lowest BCUT2D eigenvalue weighted by molar-refractivity contribution is 0.0697. The number of aromatic carboxylic acids is 1. The molecule has 0 bridgehead atoms. The fourth-order valence-electron chi connectivity index (χ4n) is 4.46. The second-order valence-electron chi connectivity index (χ2n) is 9.43. The van der Waals surface area contributed by atoms with E-state index < -0.39 is 12.1 Å². The molecule has 0 heterocycles. The molecule has 0 saturated heterocycles. The Morgan fingerprint density at radius 3 is 2.50 bits per heavy atom. The average Bonchev–Trinajstić information content (AvgIpc) is 2.82. The number of hydrogen-bond acceptors (Lipinski definition) is 3. The van der Waals surface area contributed by atoms with Crippen molar-refractivity contribution in [2.45, 2.75) is 51.2 Å². The smallest absolute Gasteiger partial charge is 0.335 e. The number of benzene rings is 3. The van der Waals surface area contributed by atoms with E-state index in [1.54, 1.807) is 36.4 Å². The third-order valence-corrected chi connectivity index (χ3v) is 6.47. The average molecular weight is 461 g/mol. The number of fused-ring (bicyclic) bond motifs is 1. The van der Waals surface area contributed by atoms with Gasteiger partial charge in [-0.1, -0.05) is 56.3 Å². The first kappa shape index (κ1) is 23.7. The highest BCUT2D eigenvalue weighted by Crippen LogP contribution is 2.42. The van der Waals surface area contributed by atoms with Gasteiger partial charge in [-0.3, -0.25) is 0 Å². The molecule has 4 nitrogen and oxygen atoms in total. The zero-order valence-electron chi connectivity index (χ0n) is 19.4. The summed E-state index contributed by atoms with van der Waals surface area (Å²) >= 11 is 0. The minimum atomic E-state index is -0.972. The monoisotopic (exact) mass is 460 g/mol. The molecule has 0 aliphatic heterocycles. The number of ether oxygens (including phenoxy) is 1. The number of carboxylic acids is 1. The molecule has 3 aromatic rings. The van der Waals surface area contributed by atoms with Gasteiger partial charge in [0, 0.05) is 0 Å². The van der Waals surface area contributed by atoms with Crippen molar-refractivity contribution in [3.8, 4) is 5.75 Å². The lowest BCUT2D eigenvalue weighted by Gasteiger charge is -2.34. The maximum Gasteiger partial charge on any atom is 0.335 e. The lowest BCUT2D eigenvalue weighted by Crippen LogP contribution is -2.25. The van der Waals surface area contributed by atoms with Gasteiger partial charge in [-0.15, -0.1) is 0 Å². The molecule has 0 fully saturated rings. The van der Waals surface area contributed by atoms with Gasteiger partial charge in [-0.25, -0.2) is 9.18 Å². The summed E-state index contributed by atoms with van der Waals surface area (Å²) in [6.45, 7) is 4.74. The van der Waals surface area contributed by atoms with Gasteiger partial charge in [0.15, 0.2) is 0 Å². The lowest BCUT2D eigenvalue weighted by atomic mass is 9.72. The highest BCUT2D eigenvalue weighted by Gasteiger charge is 2.30. The van der Waals surface area contributed by atoms with Crippen LogP contribution in [-0.4, -0.2) is 16.2 Å². The molecule has 0 spiro atoms. The standard InChI is InChI=1S/C29H29FO4/c1-29(2)15-3-4-24-25(29)16-22(17-27(24)34-18-20-7-12-23(30)13-8-20)26(31)14-9-19-5-10-21(11-6-19)28(32)33/h5-14,16-17,26,31H,3-4,15,18H2,1-2H3,(H,32,33)/b14-9+. The van der Waals surface area contributed by atoms with E-state index in [1.807, 2.05) is 6.07 Å². The van der Waals surface area contributed by atoms with E-state index in [1.165, 1.54) is 35.4 Å². The zero-order valence-corrected chi connectivity index (χ0v) is 19.4. The zero-order chi connectivity index (χ0) is 24.3. The summed E-state index contributed by atoms with van der Waals surface area (Å²) in [6.07, 6.45) is 5.66. The predicted molar refractivity (Wildman–Crippen MR) is 131 cm³/mol. The molecule has 1 aliphatic carbocycles. The molecule has 176 valence electrons. The molecule has 0 radical (unpaired) electrons. The predicted octanol–water partition coefficient (Wildman–Crippen LogP) is 6.46. The molecule has 1 unspecified atom stereocenters.